The lowest BCUT2D eigenvalue weighted by Crippen LogP contribution is -2.38. The van der Waals surface area contributed by atoms with Gasteiger partial charge >= 0.3 is 0 Å². The van der Waals surface area contributed by atoms with E-state index in [1.54, 1.807) is 12.1 Å². The van der Waals surface area contributed by atoms with Gasteiger partial charge in [0, 0.05) is 12.2 Å². The van der Waals surface area contributed by atoms with Crippen molar-refractivity contribution < 1.29 is 8.42 Å². The minimum absolute atomic E-state index is 0.141. The number of nitrogen functional groups attached to an aromatic ring is 1. The van der Waals surface area contributed by atoms with Crippen LogP contribution in [0.5, 0.6) is 0 Å². The number of sulfonamides is 1. The molecule has 1 fully saturated rings. The molecular weight excluding hydrogens is 238 g/mol. The molecule has 2 N–H and O–H groups in total. The van der Waals surface area contributed by atoms with Crippen LogP contribution in [0.4, 0.5) is 11.4 Å². The zero-order valence-electron chi connectivity index (χ0n) is 9.26. The summed E-state index contributed by atoms with van der Waals surface area (Å²) in [4.78, 5) is 0. The van der Waals surface area contributed by atoms with Crippen molar-refractivity contribution in [1.29, 1.82) is 5.26 Å². The van der Waals surface area contributed by atoms with E-state index in [-0.39, 0.29) is 5.75 Å². The molecule has 0 bridgehead atoms. The van der Waals surface area contributed by atoms with E-state index in [1.165, 1.54) is 10.4 Å². The van der Waals surface area contributed by atoms with Gasteiger partial charge in [0.1, 0.15) is 6.07 Å². The van der Waals surface area contributed by atoms with E-state index in [9.17, 15) is 8.42 Å². The molecule has 1 aromatic carbocycles. The minimum atomic E-state index is -3.28. The predicted molar refractivity (Wildman–Crippen MR) is 65.9 cm³/mol. The van der Waals surface area contributed by atoms with Crippen molar-refractivity contribution in [3.63, 3.8) is 0 Å². The van der Waals surface area contributed by atoms with E-state index in [0.29, 0.717) is 29.9 Å². The van der Waals surface area contributed by atoms with Gasteiger partial charge < -0.3 is 5.73 Å². The normalized spacial score (nSPS) is 18.6. The number of benzene rings is 1. The van der Waals surface area contributed by atoms with Gasteiger partial charge in [-0.3, -0.25) is 4.31 Å². The molecule has 0 saturated carbocycles. The Hall–Kier alpha value is -1.74. The van der Waals surface area contributed by atoms with Crippen molar-refractivity contribution in [2.45, 2.75) is 12.8 Å². The van der Waals surface area contributed by atoms with Crippen LogP contribution in [-0.4, -0.2) is 20.7 Å². The molecule has 1 heterocycles. The molecule has 0 spiro atoms. The van der Waals surface area contributed by atoms with Gasteiger partial charge in [-0.05, 0) is 31.0 Å². The first-order chi connectivity index (χ1) is 8.04. The molecule has 0 aliphatic carbocycles. The van der Waals surface area contributed by atoms with Gasteiger partial charge in [-0.2, -0.15) is 5.26 Å². The topological polar surface area (TPSA) is 87.2 Å². The van der Waals surface area contributed by atoms with Crippen molar-refractivity contribution in [3.05, 3.63) is 23.8 Å². The molecule has 17 heavy (non-hydrogen) atoms. The number of rotatable bonds is 1. The van der Waals surface area contributed by atoms with E-state index >= 15 is 0 Å². The molecule has 1 saturated heterocycles. The fourth-order valence-corrected chi connectivity index (χ4v) is 3.58. The van der Waals surface area contributed by atoms with Crippen molar-refractivity contribution >= 4 is 21.4 Å². The van der Waals surface area contributed by atoms with Gasteiger partial charge in [-0.15, -0.1) is 0 Å². The lowest BCUT2D eigenvalue weighted by Gasteiger charge is -2.28. The molecule has 0 atom stereocenters. The van der Waals surface area contributed by atoms with Crippen molar-refractivity contribution in [2.75, 3.05) is 22.3 Å². The number of hydrogen-bond donors (Lipinski definition) is 1. The summed E-state index contributed by atoms with van der Waals surface area (Å²) < 4.78 is 25.2. The van der Waals surface area contributed by atoms with Gasteiger partial charge in [0.25, 0.3) is 0 Å². The first-order valence-corrected chi connectivity index (χ1v) is 6.95. The maximum atomic E-state index is 11.9. The second-order valence-electron chi connectivity index (χ2n) is 3.98. The molecular formula is C11H13N3O2S. The van der Waals surface area contributed by atoms with Crippen molar-refractivity contribution in [2.24, 2.45) is 0 Å². The summed E-state index contributed by atoms with van der Waals surface area (Å²) in [7, 11) is -3.28. The van der Waals surface area contributed by atoms with E-state index in [1.807, 2.05) is 6.07 Å². The van der Waals surface area contributed by atoms with Crippen LogP contribution < -0.4 is 10.0 Å². The lowest BCUT2D eigenvalue weighted by molar-refractivity contribution is 0.574. The molecule has 0 radical (unpaired) electrons. The largest absolute Gasteiger partial charge is 0.399 e. The molecule has 1 aliphatic rings. The van der Waals surface area contributed by atoms with Crippen molar-refractivity contribution in [1.82, 2.24) is 0 Å². The number of nitrogens with two attached hydrogens (primary N) is 1. The van der Waals surface area contributed by atoms with Crippen LogP contribution in [0.15, 0.2) is 18.2 Å². The number of anilines is 2. The van der Waals surface area contributed by atoms with E-state index in [2.05, 4.69) is 0 Å². The Morgan fingerprint density at radius 1 is 1.35 bits per heavy atom. The molecule has 0 amide bonds. The van der Waals surface area contributed by atoms with Crippen LogP contribution in [-0.2, 0) is 10.0 Å². The minimum Gasteiger partial charge on any atom is -0.399 e. The average molecular weight is 251 g/mol. The number of nitriles is 1. The predicted octanol–water partition coefficient (Wildman–Crippen LogP) is 1.07. The zero-order valence-corrected chi connectivity index (χ0v) is 10.1. The third-order valence-electron chi connectivity index (χ3n) is 2.76. The number of nitrogens with zero attached hydrogens (tertiary/aromatic N) is 2. The summed E-state index contributed by atoms with van der Waals surface area (Å²) in [5.41, 5.74) is 6.77. The Kier molecular flexibility index (Phi) is 2.94. The Morgan fingerprint density at radius 2 is 2.12 bits per heavy atom. The molecule has 5 nitrogen and oxygen atoms in total. The first-order valence-electron chi connectivity index (χ1n) is 5.34. The van der Waals surface area contributed by atoms with Gasteiger partial charge in [0.2, 0.25) is 10.0 Å². The summed E-state index contributed by atoms with van der Waals surface area (Å²) in [6, 6.07) is 6.69. The summed E-state index contributed by atoms with van der Waals surface area (Å²) in [6.07, 6.45) is 1.49. The standard InChI is InChI=1S/C11H13N3O2S/c12-8-9-7-10(13)3-4-11(9)14-5-1-2-6-17(14,15)16/h3-4,7H,1-2,5-6,13H2. The Balaban J connectivity index is 2.50. The molecule has 6 heteroatoms. The molecule has 90 valence electrons. The van der Waals surface area contributed by atoms with Crippen LogP contribution >= 0.6 is 0 Å². The number of hydrogen-bond acceptors (Lipinski definition) is 4. The summed E-state index contributed by atoms with van der Waals surface area (Å²) in [5, 5.41) is 9.02. The third-order valence-corrected chi connectivity index (χ3v) is 4.61. The van der Waals surface area contributed by atoms with Crippen molar-refractivity contribution in [3.8, 4) is 6.07 Å². The van der Waals surface area contributed by atoms with Gasteiger partial charge in [0.15, 0.2) is 0 Å². The van der Waals surface area contributed by atoms with E-state index in [0.717, 1.165) is 6.42 Å². The van der Waals surface area contributed by atoms with Crippen LogP contribution in [0.3, 0.4) is 0 Å². The maximum absolute atomic E-state index is 11.9. The fraction of sp³-hybridized carbons (Fsp3) is 0.364. The first kappa shape index (κ1) is 11.7. The Morgan fingerprint density at radius 3 is 2.76 bits per heavy atom. The molecule has 1 aromatic rings. The molecule has 2 rings (SSSR count). The zero-order chi connectivity index (χ0) is 12.5. The molecule has 0 aromatic heterocycles. The Labute approximate surface area is 101 Å². The second kappa shape index (κ2) is 4.26. The van der Waals surface area contributed by atoms with Crippen LogP contribution in [0, 0.1) is 11.3 Å². The smallest absolute Gasteiger partial charge is 0.235 e. The average Bonchev–Trinajstić information content (AvgIpc) is 2.29. The highest BCUT2D eigenvalue weighted by molar-refractivity contribution is 7.92. The van der Waals surface area contributed by atoms with Gasteiger partial charge in [0.05, 0.1) is 17.0 Å². The SMILES string of the molecule is N#Cc1cc(N)ccc1N1CCCCS1(=O)=O. The quantitative estimate of drug-likeness (QED) is 0.756. The monoisotopic (exact) mass is 251 g/mol. The molecule has 1 aliphatic heterocycles. The highest BCUT2D eigenvalue weighted by atomic mass is 32.2. The van der Waals surface area contributed by atoms with Gasteiger partial charge in [-0.25, -0.2) is 8.42 Å². The second-order valence-corrected chi connectivity index (χ2v) is 6.00. The highest BCUT2D eigenvalue weighted by Crippen LogP contribution is 2.28. The van der Waals surface area contributed by atoms with Crippen LogP contribution in [0.25, 0.3) is 0 Å². The van der Waals surface area contributed by atoms with Gasteiger partial charge in [-0.1, -0.05) is 0 Å². The Bertz CT molecular complexity index is 575. The molecule has 0 unspecified atom stereocenters. The lowest BCUT2D eigenvalue weighted by atomic mass is 10.1. The summed E-state index contributed by atoms with van der Waals surface area (Å²) >= 11 is 0. The van der Waals surface area contributed by atoms with E-state index < -0.39 is 10.0 Å². The summed E-state index contributed by atoms with van der Waals surface area (Å²) in [6.45, 7) is 0.431. The van der Waals surface area contributed by atoms with E-state index in [4.69, 9.17) is 11.0 Å². The van der Waals surface area contributed by atoms with Crippen LogP contribution in [0.1, 0.15) is 18.4 Å². The van der Waals surface area contributed by atoms with Crippen LogP contribution in [0.2, 0.25) is 0 Å². The summed E-state index contributed by atoms with van der Waals surface area (Å²) in [5.74, 6) is 0.141. The highest BCUT2D eigenvalue weighted by Gasteiger charge is 2.27. The fourth-order valence-electron chi connectivity index (χ4n) is 1.92. The maximum Gasteiger partial charge on any atom is 0.235 e. The third kappa shape index (κ3) is 2.19.